The Balaban J connectivity index is 2.79. The van der Waals surface area contributed by atoms with Gasteiger partial charge in [0.25, 0.3) is 0 Å². The van der Waals surface area contributed by atoms with Crippen molar-refractivity contribution < 1.29 is 0 Å². The highest BCUT2D eigenvalue weighted by atomic mass is 15.1. The zero-order valence-electron chi connectivity index (χ0n) is 9.38. The molecule has 0 aromatic heterocycles. The van der Waals surface area contributed by atoms with Crippen LogP contribution in [-0.2, 0) is 6.54 Å². The van der Waals surface area contributed by atoms with E-state index in [-0.39, 0.29) is 0 Å². The first-order chi connectivity index (χ1) is 6.67. The molecule has 1 rings (SSSR count). The molecule has 0 amide bonds. The van der Waals surface area contributed by atoms with Gasteiger partial charge in [-0.05, 0) is 43.3 Å². The molecule has 2 N–H and O–H groups in total. The van der Waals surface area contributed by atoms with Gasteiger partial charge in [0.15, 0.2) is 0 Å². The minimum atomic E-state index is 0.859. The first kappa shape index (κ1) is 11.1. The van der Waals surface area contributed by atoms with Gasteiger partial charge < -0.3 is 5.73 Å². The molecule has 0 atom stereocenters. The van der Waals surface area contributed by atoms with E-state index >= 15 is 0 Å². The van der Waals surface area contributed by atoms with Gasteiger partial charge in [0.1, 0.15) is 0 Å². The number of benzene rings is 1. The molecule has 0 aliphatic carbocycles. The Hall–Kier alpha value is -1.02. The van der Waals surface area contributed by atoms with Crippen LogP contribution in [0, 0.1) is 6.92 Å². The van der Waals surface area contributed by atoms with Gasteiger partial charge >= 0.3 is 0 Å². The van der Waals surface area contributed by atoms with Gasteiger partial charge in [-0.2, -0.15) is 0 Å². The standard InChI is InChI=1S/C12H20N2/c1-4-14(5-2)9-11-8-12(13)7-6-10(11)3/h6-8H,4-5,9,13H2,1-3H3. The lowest BCUT2D eigenvalue weighted by atomic mass is 10.1. The number of hydrogen-bond acceptors (Lipinski definition) is 2. The summed E-state index contributed by atoms with van der Waals surface area (Å²) >= 11 is 0. The van der Waals surface area contributed by atoms with Gasteiger partial charge in [-0.25, -0.2) is 0 Å². The van der Waals surface area contributed by atoms with Crippen molar-refractivity contribution >= 4 is 5.69 Å². The molecule has 1 aromatic carbocycles. The van der Waals surface area contributed by atoms with Crippen LogP contribution < -0.4 is 5.73 Å². The second-order valence-electron chi connectivity index (χ2n) is 3.65. The fraction of sp³-hybridized carbons (Fsp3) is 0.500. The third-order valence-electron chi connectivity index (χ3n) is 2.66. The summed E-state index contributed by atoms with van der Waals surface area (Å²) in [7, 11) is 0. The number of nitrogens with zero attached hydrogens (tertiary/aromatic N) is 1. The van der Waals surface area contributed by atoms with Crippen molar-refractivity contribution in [1.29, 1.82) is 0 Å². The Kier molecular flexibility index (Phi) is 3.96. The largest absolute Gasteiger partial charge is 0.399 e. The zero-order chi connectivity index (χ0) is 10.6. The van der Waals surface area contributed by atoms with Gasteiger partial charge in [-0.3, -0.25) is 4.90 Å². The SMILES string of the molecule is CCN(CC)Cc1cc(N)ccc1C. The molecular formula is C12H20N2. The Morgan fingerprint density at radius 3 is 2.43 bits per heavy atom. The molecule has 1 aromatic rings. The van der Waals surface area contributed by atoms with Gasteiger partial charge in [0, 0.05) is 12.2 Å². The van der Waals surface area contributed by atoms with Gasteiger partial charge in [-0.1, -0.05) is 19.9 Å². The molecular weight excluding hydrogens is 172 g/mol. The van der Waals surface area contributed by atoms with E-state index in [0.717, 1.165) is 25.3 Å². The lowest BCUT2D eigenvalue weighted by Crippen LogP contribution is -2.22. The summed E-state index contributed by atoms with van der Waals surface area (Å²) in [4.78, 5) is 2.39. The Morgan fingerprint density at radius 1 is 1.21 bits per heavy atom. The van der Waals surface area contributed by atoms with Crippen molar-refractivity contribution in [2.75, 3.05) is 18.8 Å². The van der Waals surface area contributed by atoms with E-state index in [4.69, 9.17) is 5.73 Å². The molecule has 0 saturated heterocycles. The average molecular weight is 192 g/mol. The van der Waals surface area contributed by atoms with Crippen LogP contribution in [0.1, 0.15) is 25.0 Å². The summed E-state index contributed by atoms with van der Waals surface area (Å²) in [5.41, 5.74) is 9.29. The predicted octanol–water partition coefficient (Wildman–Crippen LogP) is 2.42. The van der Waals surface area contributed by atoms with E-state index in [0.29, 0.717) is 0 Å². The van der Waals surface area contributed by atoms with E-state index < -0.39 is 0 Å². The van der Waals surface area contributed by atoms with Crippen LogP contribution in [0.3, 0.4) is 0 Å². The van der Waals surface area contributed by atoms with E-state index in [1.807, 2.05) is 6.07 Å². The maximum atomic E-state index is 5.77. The monoisotopic (exact) mass is 192 g/mol. The van der Waals surface area contributed by atoms with Crippen molar-refractivity contribution in [1.82, 2.24) is 4.90 Å². The third-order valence-corrected chi connectivity index (χ3v) is 2.66. The summed E-state index contributed by atoms with van der Waals surface area (Å²) < 4.78 is 0. The van der Waals surface area contributed by atoms with Gasteiger partial charge in [0.05, 0.1) is 0 Å². The molecule has 0 radical (unpaired) electrons. The smallest absolute Gasteiger partial charge is 0.0317 e. The molecule has 0 saturated carbocycles. The van der Waals surface area contributed by atoms with Crippen molar-refractivity contribution in [2.24, 2.45) is 0 Å². The normalized spacial score (nSPS) is 10.9. The van der Waals surface area contributed by atoms with Crippen LogP contribution in [0.2, 0.25) is 0 Å². The summed E-state index contributed by atoms with van der Waals surface area (Å²) in [6.07, 6.45) is 0. The highest BCUT2D eigenvalue weighted by Gasteiger charge is 2.03. The lowest BCUT2D eigenvalue weighted by Gasteiger charge is -2.19. The number of aryl methyl sites for hydroxylation is 1. The molecule has 0 fully saturated rings. The molecule has 2 heteroatoms. The number of hydrogen-bond donors (Lipinski definition) is 1. The molecule has 0 aliphatic rings. The summed E-state index contributed by atoms with van der Waals surface area (Å²) in [6.45, 7) is 9.69. The summed E-state index contributed by atoms with van der Waals surface area (Å²) in [5, 5.41) is 0. The van der Waals surface area contributed by atoms with Crippen LogP contribution in [0.15, 0.2) is 18.2 Å². The van der Waals surface area contributed by atoms with Gasteiger partial charge in [-0.15, -0.1) is 0 Å². The summed E-state index contributed by atoms with van der Waals surface area (Å²) in [5.74, 6) is 0. The number of rotatable bonds is 4. The average Bonchev–Trinajstić information content (AvgIpc) is 2.19. The highest BCUT2D eigenvalue weighted by Crippen LogP contribution is 2.14. The van der Waals surface area contributed by atoms with E-state index in [9.17, 15) is 0 Å². The quantitative estimate of drug-likeness (QED) is 0.742. The second kappa shape index (κ2) is 5.01. The van der Waals surface area contributed by atoms with Crippen LogP contribution in [0.25, 0.3) is 0 Å². The molecule has 14 heavy (non-hydrogen) atoms. The van der Waals surface area contributed by atoms with Crippen LogP contribution in [-0.4, -0.2) is 18.0 Å². The van der Waals surface area contributed by atoms with Crippen LogP contribution in [0.4, 0.5) is 5.69 Å². The van der Waals surface area contributed by atoms with Crippen molar-refractivity contribution in [3.05, 3.63) is 29.3 Å². The Bertz CT molecular complexity index is 290. The molecule has 0 heterocycles. The fourth-order valence-electron chi connectivity index (χ4n) is 1.55. The maximum absolute atomic E-state index is 5.77. The molecule has 0 bridgehead atoms. The molecule has 0 unspecified atom stereocenters. The molecule has 0 aliphatic heterocycles. The van der Waals surface area contributed by atoms with Crippen molar-refractivity contribution in [3.63, 3.8) is 0 Å². The Morgan fingerprint density at radius 2 is 1.86 bits per heavy atom. The second-order valence-corrected chi connectivity index (χ2v) is 3.65. The number of nitrogen functional groups attached to an aromatic ring is 1. The third kappa shape index (κ3) is 2.74. The lowest BCUT2D eigenvalue weighted by molar-refractivity contribution is 0.295. The zero-order valence-corrected chi connectivity index (χ0v) is 9.38. The Labute approximate surface area is 86.7 Å². The van der Waals surface area contributed by atoms with Crippen LogP contribution in [0.5, 0.6) is 0 Å². The van der Waals surface area contributed by atoms with Crippen molar-refractivity contribution in [3.8, 4) is 0 Å². The topological polar surface area (TPSA) is 29.3 Å². The minimum Gasteiger partial charge on any atom is -0.399 e. The highest BCUT2D eigenvalue weighted by molar-refractivity contribution is 5.44. The van der Waals surface area contributed by atoms with E-state index in [1.165, 1.54) is 11.1 Å². The minimum absolute atomic E-state index is 0.859. The molecule has 78 valence electrons. The maximum Gasteiger partial charge on any atom is 0.0317 e. The number of anilines is 1. The van der Waals surface area contributed by atoms with Crippen LogP contribution >= 0.6 is 0 Å². The first-order valence-corrected chi connectivity index (χ1v) is 5.24. The number of nitrogens with two attached hydrogens (primary N) is 1. The first-order valence-electron chi connectivity index (χ1n) is 5.24. The van der Waals surface area contributed by atoms with E-state index in [2.05, 4.69) is 37.8 Å². The molecule has 2 nitrogen and oxygen atoms in total. The van der Waals surface area contributed by atoms with E-state index in [1.54, 1.807) is 0 Å². The summed E-state index contributed by atoms with van der Waals surface area (Å²) in [6, 6.07) is 6.13. The predicted molar refractivity (Wildman–Crippen MR) is 62.2 cm³/mol. The molecule has 0 spiro atoms. The van der Waals surface area contributed by atoms with Gasteiger partial charge in [0.2, 0.25) is 0 Å². The fourth-order valence-corrected chi connectivity index (χ4v) is 1.55. The van der Waals surface area contributed by atoms with Crippen molar-refractivity contribution in [2.45, 2.75) is 27.3 Å².